The fourth-order valence-corrected chi connectivity index (χ4v) is 0.281. The number of halogens is 2. The predicted octanol–water partition coefficient (Wildman–Crippen LogP) is 0.305. The van der Waals surface area contributed by atoms with Crippen LogP contribution in [0.4, 0.5) is 0 Å². The van der Waals surface area contributed by atoms with Crippen LogP contribution in [0.3, 0.4) is 0 Å². The summed E-state index contributed by atoms with van der Waals surface area (Å²) in [7, 11) is 0. The predicted molar refractivity (Wildman–Crippen MR) is 49.5 cm³/mol. The third-order valence-corrected chi connectivity index (χ3v) is 0.672. The van der Waals surface area contributed by atoms with E-state index in [4.69, 9.17) is 17.9 Å². The Bertz CT molecular complexity index is 117. The zero-order valence-electron chi connectivity index (χ0n) is 5.49. The highest BCUT2D eigenvalue weighted by Crippen LogP contribution is 1.75. The molecule has 0 amide bonds. The van der Waals surface area contributed by atoms with E-state index >= 15 is 0 Å². The van der Waals surface area contributed by atoms with Crippen molar-refractivity contribution >= 4 is 24.8 Å². The minimum Gasteiger partial charge on any atom is -0.327 e. The lowest BCUT2D eigenvalue weighted by Crippen LogP contribution is -2.13. The Morgan fingerprint density at radius 3 is 2.30 bits per heavy atom. The first-order valence-electron chi connectivity index (χ1n) is 2.39. The first kappa shape index (κ1) is 16.4. The molecule has 4 N–H and O–H groups in total. The van der Waals surface area contributed by atoms with Crippen molar-refractivity contribution in [2.24, 2.45) is 11.5 Å². The molecule has 4 heteroatoms. The van der Waals surface area contributed by atoms with Gasteiger partial charge in [0.2, 0.25) is 0 Å². The van der Waals surface area contributed by atoms with Crippen LogP contribution in [0.5, 0.6) is 0 Å². The number of rotatable bonds is 2. The van der Waals surface area contributed by atoms with Gasteiger partial charge in [0.1, 0.15) is 0 Å². The second kappa shape index (κ2) is 11.6. The SMILES string of the molecule is C#CC(N)C=CCN.Cl.Cl. The average Bonchev–Trinajstić information content (AvgIpc) is 1.83. The molecule has 0 aliphatic heterocycles. The molecule has 0 aromatic carbocycles. The molecule has 0 rings (SSSR count). The largest absolute Gasteiger partial charge is 0.327 e. The van der Waals surface area contributed by atoms with Crippen molar-refractivity contribution in [3.8, 4) is 12.3 Å². The van der Waals surface area contributed by atoms with Crippen LogP contribution in [-0.4, -0.2) is 12.6 Å². The second-order valence-corrected chi connectivity index (χ2v) is 1.36. The first-order valence-corrected chi connectivity index (χ1v) is 2.39. The van der Waals surface area contributed by atoms with E-state index in [2.05, 4.69) is 5.92 Å². The molecule has 0 radical (unpaired) electrons. The molecule has 0 fully saturated rings. The van der Waals surface area contributed by atoms with Crippen molar-refractivity contribution in [1.82, 2.24) is 0 Å². The highest BCUT2D eigenvalue weighted by atomic mass is 35.5. The molecule has 1 unspecified atom stereocenters. The lowest BCUT2D eigenvalue weighted by Gasteiger charge is -1.90. The normalized spacial score (nSPS) is 10.9. The van der Waals surface area contributed by atoms with Gasteiger partial charge in [-0.2, -0.15) is 0 Å². The van der Waals surface area contributed by atoms with Crippen molar-refractivity contribution in [3.05, 3.63) is 12.2 Å². The maximum absolute atomic E-state index is 5.28. The zero-order chi connectivity index (χ0) is 6.41. The van der Waals surface area contributed by atoms with E-state index in [1.54, 1.807) is 12.2 Å². The van der Waals surface area contributed by atoms with Gasteiger partial charge in [0.25, 0.3) is 0 Å². The molecular weight excluding hydrogens is 171 g/mol. The monoisotopic (exact) mass is 182 g/mol. The summed E-state index contributed by atoms with van der Waals surface area (Å²) in [6, 6.07) is -0.279. The highest BCUT2D eigenvalue weighted by molar-refractivity contribution is 5.85. The first-order chi connectivity index (χ1) is 3.81. The van der Waals surface area contributed by atoms with Gasteiger partial charge in [0, 0.05) is 6.54 Å². The van der Waals surface area contributed by atoms with E-state index in [1.165, 1.54) is 0 Å². The molecule has 0 saturated heterocycles. The van der Waals surface area contributed by atoms with Gasteiger partial charge in [-0.15, -0.1) is 31.2 Å². The smallest absolute Gasteiger partial charge is 0.0848 e. The summed E-state index contributed by atoms with van der Waals surface area (Å²) in [5.74, 6) is 2.34. The van der Waals surface area contributed by atoms with E-state index in [9.17, 15) is 0 Å². The van der Waals surface area contributed by atoms with Gasteiger partial charge < -0.3 is 11.5 Å². The summed E-state index contributed by atoms with van der Waals surface area (Å²) < 4.78 is 0. The molecule has 60 valence electrons. The molecule has 0 saturated carbocycles. The molecule has 0 aliphatic rings. The van der Waals surface area contributed by atoms with Crippen LogP contribution in [0.15, 0.2) is 12.2 Å². The van der Waals surface area contributed by atoms with Gasteiger partial charge in [-0.1, -0.05) is 18.1 Å². The summed E-state index contributed by atoms with van der Waals surface area (Å²) in [4.78, 5) is 0. The molecule has 0 heterocycles. The van der Waals surface area contributed by atoms with Crippen LogP contribution in [0.2, 0.25) is 0 Å². The van der Waals surface area contributed by atoms with Crippen LogP contribution < -0.4 is 11.5 Å². The van der Waals surface area contributed by atoms with Gasteiger partial charge >= 0.3 is 0 Å². The number of hydrogen-bond acceptors (Lipinski definition) is 2. The number of terminal acetylenes is 1. The molecule has 10 heavy (non-hydrogen) atoms. The minimum atomic E-state index is -0.279. The van der Waals surface area contributed by atoms with Gasteiger partial charge in [-0.3, -0.25) is 0 Å². The van der Waals surface area contributed by atoms with Crippen molar-refractivity contribution < 1.29 is 0 Å². The summed E-state index contributed by atoms with van der Waals surface area (Å²) in [5.41, 5.74) is 10.4. The number of nitrogens with two attached hydrogens (primary N) is 2. The summed E-state index contributed by atoms with van der Waals surface area (Å²) in [6.45, 7) is 0.495. The Morgan fingerprint density at radius 2 is 2.00 bits per heavy atom. The maximum Gasteiger partial charge on any atom is 0.0848 e. The Balaban J connectivity index is -0.000000245. The number of hydrogen-bond donors (Lipinski definition) is 2. The average molecular weight is 183 g/mol. The Hall–Kier alpha value is -0.200. The third kappa shape index (κ3) is 10.7. The highest BCUT2D eigenvalue weighted by Gasteiger charge is 1.82. The maximum atomic E-state index is 5.28. The third-order valence-electron chi connectivity index (χ3n) is 0.672. The van der Waals surface area contributed by atoms with Gasteiger partial charge in [-0.05, 0) is 0 Å². The van der Waals surface area contributed by atoms with Crippen molar-refractivity contribution in [2.75, 3.05) is 6.54 Å². The lowest BCUT2D eigenvalue weighted by atomic mass is 10.3. The van der Waals surface area contributed by atoms with E-state index < -0.39 is 0 Å². The quantitative estimate of drug-likeness (QED) is 0.478. The standard InChI is InChI=1S/C6H10N2.2ClH/c1-2-6(8)4-3-5-7;;/h1,3-4,6H,5,7-8H2;2*1H. The molecule has 0 bridgehead atoms. The van der Waals surface area contributed by atoms with Crippen LogP contribution in [0.25, 0.3) is 0 Å². The van der Waals surface area contributed by atoms with E-state index in [0.717, 1.165) is 0 Å². The molecular formula is C6H12Cl2N2. The fraction of sp³-hybridized carbons (Fsp3) is 0.333. The van der Waals surface area contributed by atoms with Gasteiger partial charge in [0.15, 0.2) is 0 Å². The Kier molecular flexibility index (Phi) is 19.0. The van der Waals surface area contributed by atoms with Crippen molar-refractivity contribution in [3.63, 3.8) is 0 Å². The van der Waals surface area contributed by atoms with Crippen LogP contribution >= 0.6 is 24.8 Å². The topological polar surface area (TPSA) is 52.0 Å². The van der Waals surface area contributed by atoms with E-state index in [1.807, 2.05) is 0 Å². The van der Waals surface area contributed by atoms with Crippen LogP contribution in [0, 0.1) is 12.3 Å². The van der Waals surface area contributed by atoms with Gasteiger partial charge in [0.05, 0.1) is 6.04 Å². The molecule has 0 aromatic rings. The summed E-state index contributed by atoms with van der Waals surface area (Å²) in [6.07, 6.45) is 8.38. The Labute approximate surface area is 73.9 Å². The van der Waals surface area contributed by atoms with Gasteiger partial charge in [-0.25, -0.2) is 0 Å². The van der Waals surface area contributed by atoms with Crippen LogP contribution in [-0.2, 0) is 0 Å². The fourth-order valence-electron chi connectivity index (χ4n) is 0.281. The van der Waals surface area contributed by atoms with Crippen LogP contribution in [0.1, 0.15) is 0 Å². The second-order valence-electron chi connectivity index (χ2n) is 1.36. The Morgan fingerprint density at radius 1 is 1.50 bits per heavy atom. The molecule has 0 spiro atoms. The summed E-state index contributed by atoms with van der Waals surface area (Å²) in [5, 5.41) is 0. The lowest BCUT2D eigenvalue weighted by molar-refractivity contribution is 1.05. The van der Waals surface area contributed by atoms with Crippen molar-refractivity contribution in [1.29, 1.82) is 0 Å². The molecule has 1 atom stereocenters. The molecule has 2 nitrogen and oxygen atoms in total. The van der Waals surface area contributed by atoms with Crippen molar-refractivity contribution in [2.45, 2.75) is 6.04 Å². The zero-order valence-corrected chi connectivity index (χ0v) is 7.12. The minimum absolute atomic E-state index is 0. The summed E-state index contributed by atoms with van der Waals surface area (Å²) >= 11 is 0. The van der Waals surface area contributed by atoms with E-state index in [0.29, 0.717) is 6.54 Å². The van der Waals surface area contributed by atoms with E-state index in [-0.39, 0.29) is 30.9 Å². The molecule has 0 aliphatic carbocycles. The molecule has 0 aromatic heterocycles.